The summed E-state index contributed by atoms with van der Waals surface area (Å²) < 4.78 is 5.23. The molecule has 0 saturated carbocycles. The summed E-state index contributed by atoms with van der Waals surface area (Å²) in [7, 11) is 1.61. The molecule has 0 unspecified atom stereocenters. The molecule has 7 heteroatoms. The Bertz CT molecular complexity index is 970. The molecule has 2 aromatic carbocycles. The molecule has 2 heterocycles. The van der Waals surface area contributed by atoms with E-state index in [2.05, 4.69) is 0 Å². The van der Waals surface area contributed by atoms with Crippen LogP contribution in [-0.4, -0.2) is 71.8 Å². The summed E-state index contributed by atoms with van der Waals surface area (Å²) >= 11 is 0. The van der Waals surface area contributed by atoms with E-state index in [1.807, 2.05) is 59.5 Å². The van der Waals surface area contributed by atoms with Crippen molar-refractivity contribution in [2.24, 2.45) is 0 Å². The number of carbonyl (C=O) groups is 3. The lowest BCUT2D eigenvalue weighted by Gasteiger charge is -2.42. The van der Waals surface area contributed by atoms with Crippen molar-refractivity contribution in [3.63, 3.8) is 0 Å². The molecule has 0 aliphatic carbocycles. The Hall–Kier alpha value is -3.35. The summed E-state index contributed by atoms with van der Waals surface area (Å²) in [6.45, 7) is 2.73. The van der Waals surface area contributed by atoms with Crippen molar-refractivity contribution in [1.29, 1.82) is 0 Å². The Balaban J connectivity index is 1.29. The van der Waals surface area contributed by atoms with Crippen molar-refractivity contribution in [3.05, 3.63) is 65.7 Å². The van der Waals surface area contributed by atoms with E-state index < -0.39 is 11.8 Å². The molecular weight excluding hydrogens is 406 g/mol. The maximum atomic E-state index is 12.8. The van der Waals surface area contributed by atoms with Crippen LogP contribution in [0.1, 0.15) is 24.0 Å². The molecule has 2 saturated heterocycles. The Morgan fingerprint density at radius 2 is 1.62 bits per heavy atom. The largest absolute Gasteiger partial charge is 0.497 e. The average molecular weight is 436 g/mol. The van der Waals surface area contributed by atoms with Crippen molar-refractivity contribution >= 4 is 17.7 Å². The molecule has 0 spiro atoms. The van der Waals surface area contributed by atoms with E-state index in [-0.39, 0.29) is 11.9 Å². The summed E-state index contributed by atoms with van der Waals surface area (Å²) in [6.07, 6.45) is 1.72. The predicted octanol–water partition coefficient (Wildman–Crippen LogP) is 2.10. The van der Waals surface area contributed by atoms with Crippen LogP contribution < -0.4 is 4.74 Å². The molecule has 3 amide bonds. The normalized spacial score (nSPS) is 17.6. The molecule has 2 aromatic rings. The van der Waals surface area contributed by atoms with E-state index in [0.29, 0.717) is 52.0 Å². The van der Waals surface area contributed by atoms with E-state index >= 15 is 0 Å². The van der Waals surface area contributed by atoms with Crippen LogP contribution in [0.15, 0.2) is 54.6 Å². The topological polar surface area (TPSA) is 70.2 Å². The van der Waals surface area contributed by atoms with Crippen LogP contribution in [0.3, 0.4) is 0 Å². The third-order valence-corrected chi connectivity index (χ3v) is 6.31. The van der Waals surface area contributed by atoms with Crippen molar-refractivity contribution in [3.8, 4) is 5.75 Å². The highest BCUT2D eigenvalue weighted by atomic mass is 16.5. The van der Waals surface area contributed by atoms with E-state index in [9.17, 15) is 14.4 Å². The molecule has 0 bridgehead atoms. The third-order valence-electron chi connectivity index (χ3n) is 6.31. The highest BCUT2D eigenvalue weighted by Crippen LogP contribution is 2.22. The first-order valence-electron chi connectivity index (χ1n) is 11.1. The third kappa shape index (κ3) is 4.93. The first kappa shape index (κ1) is 21.9. The molecule has 0 radical (unpaired) electrons. The Morgan fingerprint density at radius 1 is 0.906 bits per heavy atom. The van der Waals surface area contributed by atoms with Crippen LogP contribution in [0.4, 0.5) is 0 Å². The van der Waals surface area contributed by atoms with Gasteiger partial charge < -0.3 is 19.4 Å². The zero-order valence-corrected chi connectivity index (χ0v) is 18.4. The minimum Gasteiger partial charge on any atom is -0.497 e. The Kier molecular flexibility index (Phi) is 6.73. The molecule has 32 heavy (non-hydrogen) atoms. The van der Waals surface area contributed by atoms with Crippen LogP contribution >= 0.6 is 0 Å². The Labute approximate surface area is 188 Å². The number of benzene rings is 2. The fourth-order valence-electron chi connectivity index (χ4n) is 4.49. The van der Waals surface area contributed by atoms with Gasteiger partial charge in [-0.3, -0.25) is 14.4 Å². The average Bonchev–Trinajstić information content (AvgIpc) is 2.83. The highest BCUT2D eigenvalue weighted by molar-refractivity contribution is 6.35. The number of hydrogen-bond donors (Lipinski definition) is 0. The monoisotopic (exact) mass is 435 g/mol. The fourth-order valence-corrected chi connectivity index (χ4v) is 4.49. The van der Waals surface area contributed by atoms with Crippen LogP contribution in [0.2, 0.25) is 0 Å². The summed E-state index contributed by atoms with van der Waals surface area (Å²) in [5.74, 6) is -0.0413. The molecule has 2 fully saturated rings. The van der Waals surface area contributed by atoms with Gasteiger partial charge in [0.2, 0.25) is 5.91 Å². The van der Waals surface area contributed by atoms with Gasteiger partial charge >= 0.3 is 11.8 Å². The lowest BCUT2D eigenvalue weighted by molar-refractivity contribution is -0.159. The number of rotatable bonds is 6. The van der Waals surface area contributed by atoms with Gasteiger partial charge in [-0.05, 0) is 36.1 Å². The molecule has 0 atom stereocenters. The molecule has 2 aliphatic rings. The standard InChI is InChI=1S/C25H29N3O4/c1-32-22-9-5-8-20(16-22)17-23(29)26-12-10-21(11-13-26)28-15-14-27(24(30)25(28)31)18-19-6-3-2-4-7-19/h2-9,16,21H,10-15,17-18H2,1H3. The zero-order chi connectivity index (χ0) is 22.5. The summed E-state index contributed by atoms with van der Waals surface area (Å²) in [4.78, 5) is 43.4. The van der Waals surface area contributed by atoms with Gasteiger partial charge in [-0.15, -0.1) is 0 Å². The van der Waals surface area contributed by atoms with Crippen molar-refractivity contribution in [2.75, 3.05) is 33.3 Å². The van der Waals surface area contributed by atoms with Crippen molar-refractivity contribution in [1.82, 2.24) is 14.7 Å². The quantitative estimate of drug-likeness (QED) is 0.652. The number of likely N-dealkylation sites (tertiary alicyclic amines) is 1. The molecule has 7 nitrogen and oxygen atoms in total. The molecule has 0 N–H and O–H groups in total. The molecule has 168 valence electrons. The van der Waals surface area contributed by atoms with Gasteiger partial charge in [0.25, 0.3) is 0 Å². The van der Waals surface area contributed by atoms with Crippen LogP contribution in [0.5, 0.6) is 5.75 Å². The lowest BCUT2D eigenvalue weighted by atomic mass is 10.0. The van der Waals surface area contributed by atoms with Gasteiger partial charge in [-0.25, -0.2) is 0 Å². The van der Waals surface area contributed by atoms with Crippen LogP contribution in [-0.2, 0) is 27.3 Å². The maximum absolute atomic E-state index is 12.8. The zero-order valence-electron chi connectivity index (χ0n) is 18.4. The smallest absolute Gasteiger partial charge is 0.312 e. The summed E-state index contributed by atoms with van der Waals surface area (Å²) in [5.41, 5.74) is 1.94. The van der Waals surface area contributed by atoms with Crippen LogP contribution in [0.25, 0.3) is 0 Å². The second-order valence-electron chi connectivity index (χ2n) is 8.35. The van der Waals surface area contributed by atoms with Crippen molar-refractivity contribution in [2.45, 2.75) is 31.8 Å². The maximum Gasteiger partial charge on any atom is 0.312 e. The van der Waals surface area contributed by atoms with Crippen molar-refractivity contribution < 1.29 is 19.1 Å². The predicted molar refractivity (Wildman–Crippen MR) is 120 cm³/mol. The number of methoxy groups -OCH3 is 1. The van der Waals surface area contributed by atoms with E-state index in [1.165, 1.54) is 0 Å². The first-order chi connectivity index (χ1) is 15.5. The van der Waals surface area contributed by atoms with Gasteiger partial charge in [0, 0.05) is 38.8 Å². The first-order valence-corrected chi connectivity index (χ1v) is 11.1. The number of amides is 3. The number of hydrogen-bond acceptors (Lipinski definition) is 4. The minimum atomic E-state index is -0.434. The minimum absolute atomic E-state index is 0.00574. The number of piperidine rings is 1. The molecule has 4 rings (SSSR count). The molecule has 2 aliphatic heterocycles. The van der Waals surface area contributed by atoms with Crippen LogP contribution in [0, 0.1) is 0 Å². The second-order valence-corrected chi connectivity index (χ2v) is 8.35. The number of nitrogens with zero attached hydrogens (tertiary/aromatic N) is 3. The van der Waals surface area contributed by atoms with Gasteiger partial charge in [0.05, 0.1) is 13.5 Å². The second kappa shape index (κ2) is 9.85. The lowest BCUT2D eigenvalue weighted by Crippen LogP contribution is -2.59. The fraction of sp³-hybridized carbons (Fsp3) is 0.400. The number of ether oxygens (including phenoxy) is 1. The summed E-state index contributed by atoms with van der Waals surface area (Å²) in [5, 5.41) is 0. The summed E-state index contributed by atoms with van der Waals surface area (Å²) in [6, 6.07) is 17.3. The van der Waals surface area contributed by atoms with E-state index in [0.717, 1.165) is 16.9 Å². The number of piperazine rings is 1. The number of carbonyl (C=O) groups excluding carboxylic acids is 3. The van der Waals surface area contributed by atoms with Gasteiger partial charge in [-0.1, -0.05) is 42.5 Å². The van der Waals surface area contributed by atoms with E-state index in [4.69, 9.17) is 4.74 Å². The van der Waals surface area contributed by atoms with Gasteiger partial charge in [0.15, 0.2) is 0 Å². The SMILES string of the molecule is COc1cccc(CC(=O)N2CCC(N3CCN(Cc4ccccc4)C(=O)C3=O)CC2)c1. The highest BCUT2D eigenvalue weighted by Gasteiger charge is 2.37. The molecular formula is C25H29N3O4. The molecule has 0 aromatic heterocycles. The van der Waals surface area contributed by atoms with Gasteiger partial charge in [-0.2, -0.15) is 0 Å². The Morgan fingerprint density at radius 3 is 2.34 bits per heavy atom. The van der Waals surface area contributed by atoms with E-state index in [1.54, 1.807) is 16.9 Å². The van der Waals surface area contributed by atoms with Gasteiger partial charge in [0.1, 0.15) is 5.75 Å².